The number of nitriles is 1. The van der Waals surface area contributed by atoms with Crippen LogP contribution in [0.4, 0.5) is 17.1 Å². The third-order valence-corrected chi connectivity index (χ3v) is 3.15. The maximum absolute atomic E-state index is 11.1. The number of hydrogen-bond acceptors (Lipinski definition) is 5. The van der Waals surface area contributed by atoms with Crippen molar-refractivity contribution in [3.8, 4) is 6.07 Å². The molecule has 0 fully saturated rings. The molecule has 0 bridgehead atoms. The molecule has 21 heavy (non-hydrogen) atoms. The van der Waals surface area contributed by atoms with Gasteiger partial charge in [-0.2, -0.15) is 5.26 Å². The fourth-order valence-corrected chi connectivity index (χ4v) is 2.04. The van der Waals surface area contributed by atoms with Crippen LogP contribution in [0.3, 0.4) is 0 Å². The molecule has 1 unspecified atom stereocenters. The summed E-state index contributed by atoms with van der Waals surface area (Å²) in [5, 5.41) is 23.2. The van der Waals surface area contributed by atoms with Gasteiger partial charge in [0.2, 0.25) is 0 Å². The summed E-state index contributed by atoms with van der Waals surface area (Å²) in [7, 11) is 0. The number of rotatable bonds is 8. The Bertz CT molecular complexity index is 525. The maximum atomic E-state index is 11.1. The summed E-state index contributed by atoms with van der Waals surface area (Å²) >= 11 is 0. The molecule has 1 rings (SSSR count). The zero-order valence-corrected chi connectivity index (χ0v) is 12.8. The van der Waals surface area contributed by atoms with E-state index in [9.17, 15) is 10.1 Å². The lowest BCUT2D eigenvalue weighted by Gasteiger charge is -2.24. The van der Waals surface area contributed by atoms with Gasteiger partial charge >= 0.3 is 0 Å². The number of non-ortho nitro benzene ring substituents is 1. The Hall–Kier alpha value is -2.29. The first-order valence-corrected chi connectivity index (χ1v) is 7.19. The van der Waals surface area contributed by atoms with Crippen LogP contribution in [0.1, 0.15) is 27.2 Å². The van der Waals surface area contributed by atoms with Crippen molar-refractivity contribution in [2.24, 2.45) is 5.92 Å². The molecule has 0 aliphatic rings. The van der Waals surface area contributed by atoms with Crippen LogP contribution < -0.4 is 10.2 Å². The molecule has 0 spiro atoms. The van der Waals surface area contributed by atoms with Crippen molar-refractivity contribution in [2.45, 2.75) is 27.2 Å². The molecule has 0 aromatic heterocycles. The summed E-state index contributed by atoms with van der Waals surface area (Å²) in [5.74, 6) is -0.128. The second kappa shape index (κ2) is 8.10. The van der Waals surface area contributed by atoms with E-state index >= 15 is 0 Å². The molecular formula is C15H22N4O2. The van der Waals surface area contributed by atoms with Gasteiger partial charge in [-0.25, -0.2) is 0 Å². The van der Waals surface area contributed by atoms with Gasteiger partial charge in [0, 0.05) is 43.1 Å². The highest BCUT2D eigenvalue weighted by Gasteiger charge is 2.15. The molecular weight excluding hydrogens is 268 g/mol. The van der Waals surface area contributed by atoms with Crippen LogP contribution in [0.25, 0.3) is 0 Å². The molecule has 0 amide bonds. The average molecular weight is 290 g/mol. The fourth-order valence-electron chi connectivity index (χ4n) is 2.04. The predicted octanol–water partition coefficient (Wildman–Crippen LogP) is 3.40. The highest BCUT2D eigenvalue weighted by atomic mass is 16.6. The quantitative estimate of drug-likeness (QED) is 0.586. The van der Waals surface area contributed by atoms with Gasteiger partial charge in [0.25, 0.3) is 5.69 Å². The lowest BCUT2D eigenvalue weighted by Crippen LogP contribution is -2.27. The monoisotopic (exact) mass is 290 g/mol. The van der Waals surface area contributed by atoms with E-state index in [1.165, 1.54) is 0 Å². The molecule has 0 heterocycles. The molecule has 0 radical (unpaired) electrons. The number of nitrogens with one attached hydrogen (secondary N) is 1. The SMILES string of the molecule is CCCNc1cc(N(CC)CC(C)C#N)cc([N+](=O)[O-])c1. The van der Waals surface area contributed by atoms with Crippen LogP contribution in [0.2, 0.25) is 0 Å². The minimum atomic E-state index is -0.387. The zero-order valence-electron chi connectivity index (χ0n) is 12.8. The second-order valence-electron chi connectivity index (χ2n) is 4.99. The number of nitrogens with zero attached hydrogens (tertiary/aromatic N) is 3. The second-order valence-corrected chi connectivity index (χ2v) is 4.99. The third-order valence-electron chi connectivity index (χ3n) is 3.15. The highest BCUT2D eigenvalue weighted by Crippen LogP contribution is 2.27. The van der Waals surface area contributed by atoms with E-state index in [-0.39, 0.29) is 16.5 Å². The molecule has 6 nitrogen and oxygen atoms in total. The number of benzene rings is 1. The van der Waals surface area contributed by atoms with E-state index < -0.39 is 0 Å². The molecule has 0 saturated carbocycles. The van der Waals surface area contributed by atoms with Crippen molar-refractivity contribution in [3.05, 3.63) is 28.3 Å². The Morgan fingerprint density at radius 3 is 2.67 bits per heavy atom. The van der Waals surface area contributed by atoms with E-state index in [0.717, 1.165) is 24.3 Å². The Kier molecular flexibility index (Phi) is 6.47. The van der Waals surface area contributed by atoms with Crippen LogP contribution in [0, 0.1) is 27.4 Å². The van der Waals surface area contributed by atoms with Crippen LogP contribution in [-0.4, -0.2) is 24.6 Å². The number of nitro benzene ring substituents is 1. The molecule has 0 aliphatic heterocycles. The number of hydrogen-bond donors (Lipinski definition) is 1. The van der Waals surface area contributed by atoms with Gasteiger partial charge in [-0.1, -0.05) is 6.92 Å². The predicted molar refractivity (Wildman–Crippen MR) is 84.5 cm³/mol. The Morgan fingerprint density at radius 1 is 1.43 bits per heavy atom. The van der Waals surface area contributed by atoms with E-state index in [2.05, 4.69) is 11.4 Å². The van der Waals surface area contributed by atoms with Crippen molar-refractivity contribution >= 4 is 17.1 Å². The van der Waals surface area contributed by atoms with Crippen LogP contribution in [0.5, 0.6) is 0 Å². The number of nitro groups is 1. The molecule has 1 aromatic rings. The molecule has 6 heteroatoms. The topological polar surface area (TPSA) is 82.2 Å². The van der Waals surface area contributed by atoms with Crippen LogP contribution in [0.15, 0.2) is 18.2 Å². The van der Waals surface area contributed by atoms with Crippen molar-refractivity contribution < 1.29 is 4.92 Å². The van der Waals surface area contributed by atoms with Gasteiger partial charge in [0.1, 0.15) is 0 Å². The van der Waals surface area contributed by atoms with Crippen molar-refractivity contribution in [1.82, 2.24) is 0 Å². The van der Waals surface area contributed by atoms with E-state index in [1.807, 2.05) is 31.7 Å². The molecule has 0 saturated heterocycles. The first-order chi connectivity index (χ1) is 10.0. The van der Waals surface area contributed by atoms with Gasteiger partial charge in [-0.05, 0) is 26.3 Å². The molecule has 1 atom stereocenters. The highest BCUT2D eigenvalue weighted by molar-refractivity contribution is 5.64. The standard InChI is InChI=1S/C15H22N4O2/c1-4-6-17-13-7-14(9-15(8-13)19(20)21)18(5-2)11-12(3)10-16/h7-9,12,17H,4-6,11H2,1-3H3. The molecule has 1 N–H and O–H groups in total. The first kappa shape index (κ1) is 16.8. The Morgan fingerprint density at radius 2 is 2.14 bits per heavy atom. The largest absolute Gasteiger partial charge is 0.385 e. The van der Waals surface area contributed by atoms with Gasteiger partial charge in [0.05, 0.1) is 16.9 Å². The first-order valence-electron chi connectivity index (χ1n) is 7.19. The van der Waals surface area contributed by atoms with Crippen molar-refractivity contribution in [1.29, 1.82) is 5.26 Å². The smallest absolute Gasteiger partial charge is 0.273 e. The zero-order chi connectivity index (χ0) is 15.8. The van der Waals surface area contributed by atoms with E-state index in [1.54, 1.807) is 12.1 Å². The third kappa shape index (κ3) is 4.95. The van der Waals surface area contributed by atoms with Gasteiger partial charge < -0.3 is 10.2 Å². The van der Waals surface area contributed by atoms with Crippen molar-refractivity contribution in [3.63, 3.8) is 0 Å². The summed E-state index contributed by atoms with van der Waals surface area (Å²) < 4.78 is 0. The Labute approximate surface area is 125 Å². The fraction of sp³-hybridized carbons (Fsp3) is 0.533. The van der Waals surface area contributed by atoms with Crippen LogP contribution in [-0.2, 0) is 0 Å². The molecule has 1 aromatic carbocycles. The summed E-state index contributed by atoms with van der Waals surface area (Å²) in [5.41, 5.74) is 1.57. The summed E-state index contributed by atoms with van der Waals surface area (Å²) in [6.45, 7) is 7.87. The maximum Gasteiger partial charge on any atom is 0.273 e. The van der Waals surface area contributed by atoms with Crippen molar-refractivity contribution in [2.75, 3.05) is 29.9 Å². The van der Waals surface area contributed by atoms with Crippen LogP contribution >= 0.6 is 0 Å². The lowest BCUT2D eigenvalue weighted by atomic mass is 10.1. The molecule has 0 aliphatic carbocycles. The lowest BCUT2D eigenvalue weighted by molar-refractivity contribution is -0.384. The minimum Gasteiger partial charge on any atom is -0.385 e. The van der Waals surface area contributed by atoms with E-state index in [0.29, 0.717) is 13.1 Å². The summed E-state index contributed by atoms with van der Waals surface area (Å²) in [4.78, 5) is 12.7. The average Bonchev–Trinajstić information content (AvgIpc) is 2.49. The molecule has 114 valence electrons. The number of anilines is 2. The van der Waals surface area contributed by atoms with E-state index in [4.69, 9.17) is 5.26 Å². The van der Waals surface area contributed by atoms with Gasteiger partial charge in [-0.3, -0.25) is 10.1 Å². The minimum absolute atomic E-state index is 0.0640. The normalized spacial score (nSPS) is 11.5. The summed E-state index contributed by atoms with van der Waals surface area (Å²) in [6, 6.07) is 7.20. The van der Waals surface area contributed by atoms with Gasteiger partial charge in [-0.15, -0.1) is 0 Å². The Balaban J connectivity index is 3.10. The van der Waals surface area contributed by atoms with Gasteiger partial charge in [0.15, 0.2) is 0 Å². The summed E-state index contributed by atoms with van der Waals surface area (Å²) in [6.07, 6.45) is 0.945.